The summed E-state index contributed by atoms with van der Waals surface area (Å²) in [6.45, 7) is 3.68. The van der Waals surface area contributed by atoms with E-state index in [9.17, 15) is 4.79 Å². The summed E-state index contributed by atoms with van der Waals surface area (Å²) in [7, 11) is 1.68. The molecule has 0 saturated heterocycles. The molecule has 0 aromatic carbocycles. The highest BCUT2D eigenvalue weighted by Gasteiger charge is 2.13. The third-order valence-electron chi connectivity index (χ3n) is 2.38. The molecule has 2 rings (SSSR count). The van der Waals surface area contributed by atoms with Crippen LogP contribution in [0.4, 0.5) is 5.82 Å². The van der Waals surface area contributed by atoms with Gasteiger partial charge in [-0.1, -0.05) is 0 Å². The van der Waals surface area contributed by atoms with E-state index in [0.717, 1.165) is 5.76 Å². The molecule has 0 spiro atoms. The summed E-state index contributed by atoms with van der Waals surface area (Å²) in [6.07, 6.45) is 4.81. The van der Waals surface area contributed by atoms with Crippen LogP contribution in [0.1, 0.15) is 24.6 Å². The molecule has 0 aliphatic carbocycles. The number of aromatic nitrogens is 3. The van der Waals surface area contributed by atoms with Gasteiger partial charge in [-0.2, -0.15) is 0 Å². The van der Waals surface area contributed by atoms with Gasteiger partial charge in [-0.05, 0) is 13.8 Å². The fourth-order valence-corrected chi connectivity index (χ4v) is 1.44. The van der Waals surface area contributed by atoms with Crippen LogP contribution in [0, 0.1) is 6.92 Å². The first-order valence-electron chi connectivity index (χ1n) is 5.28. The Labute approximate surface area is 98.3 Å². The number of rotatable bonds is 3. The van der Waals surface area contributed by atoms with E-state index in [1.165, 1.54) is 4.57 Å². The molecule has 90 valence electrons. The molecule has 0 bridgehead atoms. The Balaban J connectivity index is 2.21. The lowest BCUT2D eigenvalue weighted by molar-refractivity contribution is 0.453. The molecule has 2 aromatic heterocycles. The second-order valence-corrected chi connectivity index (χ2v) is 3.87. The number of oxazole rings is 1. The molecule has 0 radical (unpaired) electrons. The fourth-order valence-electron chi connectivity index (χ4n) is 1.44. The van der Waals surface area contributed by atoms with Crippen LogP contribution in [0.3, 0.4) is 0 Å². The maximum Gasteiger partial charge on any atom is 0.293 e. The molecular weight excluding hydrogens is 220 g/mol. The van der Waals surface area contributed by atoms with E-state index in [1.807, 2.05) is 13.8 Å². The number of hydrogen-bond donors (Lipinski definition) is 1. The average Bonchev–Trinajstić information content (AvgIpc) is 2.72. The van der Waals surface area contributed by atoms with E-state index in [-0.39, 0.29) is 11.6 Å². The molecule has 0 fully saturated rings. The molecule has 17 heavy (non-hydrogen) atoms. The minimum atomic E-state index is -0.203. The van der Waals surface area contributed by atoms with Crippen molar-refractivity contribution in [2.24, 2.45) is 7.05 Å². The number of nitrogens with zero attached hydrogens (tertiary/aromatic N) is 3. The topological polar surface area (TPSA) is 73.0 Å². The highest BCUT2D eigenvalue weighted by Crippen LogP contribution is 2.15. The summed E-state index contributed by atoms with van der Waals surface area (Å²) in [5.74, 6) is 1.57. The van der Waals surface area contributed by atoms with Crippen LogP contribution in [0.15, 0.2) is 27.8 Å². The van der Waals surface area contributed by atoms with E-state index >= 15 is 0 Å². The normalized spacial score (nSPS) is 12.4. The summed E-state index contributed by atoms with van der Waals surface area (Å²) < 4.78 is 6.84. The first-order valence-corrected chi connectivity index (χ1v) is 5.28. The number of aryl methyl sites for hydroxylation is 2. The van der Waals surface area contributed by atoms with Crippen LogP contribution in [0.2, 0.25) is 0 Å². The minimum absolute atomic E-state index is 0.178. The predicted molar refractivity (Wildman–Crippen MR) is 62.8 cm³/mol. The van der Waals surface area contributed by atoms with Crippen molar-refractivity contribution in [3.63, 3.8) is 0 Å². The highest BCUT2D eigenvalue weighted by atomic mass is 16.4. The van der Waals surface area contributed by atoms with Gasteiger partial charge in [0.1, 0.15) is 11.8 Å². The summed E-state index contributed by atoms with van der Waals surface area (Å²) >= 11 is 0. The van der Waals surface area contributed by atoms with Gasteiger partial charge in [0.25, 0.3) is 5.56 Å². The fraction of sp³-hybridized carbons (Fsp3) is 0.364. The predicted octanol–water partition coefficient (Wildman–Crippen LogP) is 1.25. The van der Waals surface area contributed by atoms with Crippen LogP contribution >= 0.6 is 0 Å². The molecule has 2 heterocycles. The maximum atomic E-state index is 11.7. The van der Waals surface area contributed by atoms with Gasteiger partial charge in [0, 0.05) is 19.4 Å². The standard InChI is InChI=1S/C11H14N4O2/c1-7-6-13-10(17-7)8(2)14-9-11(16)15(3)5-4-12-9/h4-6,8H,1-3H3,(H,12,14). The van der Waals surface area contributed by atoms with E-state index < -0.39 is 0 Å². The van der Waals surface area contributed by atoms with Crippen LogP contribution in [-0.4, -0.2) is 14.5 Å². The van der Waals surface area contributed by atoms with E-state index in [1.54, 1.807) is 25.6 Å². The van der Waals surface area contributed by atoms with Crippen LogP contribution in [0.25, 0.3) is 0 Å². The Morgan fingerprint density at radius 1 is 1.47 bits per heavy atom. The van der Waals surface area contributed by atoms with E-state index in [4.69, 9.17) is 4.42 Å². The van der Waals surface area contributed by atoms with Gasteiger partial charge >= 0.3 is 0 Å². The average molecular weight is 234 g/mol. The first kappa shape index (κ1) is 11.4. The molecule has 6 heteroatoms. The van der Waals surface area contributed by atoms with Crippen molar-refractivity contribution in [2.45, 2.75) is 19.9 Å². The Kier molecular flexibility index (Phi) is 2.95. The van der Waals surface area contributed by atoms with Crippen molar-refractivity contribution < 1.29 is 4.42 Å². The van der Waals surface area contributed by atoms with Gasteiger partial charge in [-0.25, -0.2) is 9.97 Å². The molecule has 0 saturated carbocycles. The van der Waals surface area contributed by atoms with Gasteiger partial charge in [0.2, 0.25) is 5.89 Å². The molecule has 1 unspecified atom stereocenters. The van der Waals surface area contributed by atoms with E-state index in [2.05, 4.69) is 15.3 Å². The van der Waals surface area contributed by atoms with Crippen LogP contribution in [-0.2, 0) is 7.05 Å². The molecule has 1 N–H and O–H groups in total. The van der Waals surface area contributed by atoms with Crippen molar-refractivity contribution in [3.05, 3.63) is 40.6 Å². The van der Waals surface area contributed by atoms with Gasteiger partial charge in [-0.3, -0.25) is 4.79 Å². The molecular formula is C11H14N4O2. The maximum absolute atomic E-state index is 11.7. The smallest absolute Gasteiger partial charge is 0.293 e. The zero-order valence-electron chi connectivity index (χ0n) is 9.97. The highest BCUT2D eigenvalue weighted by molar-refractivity contribution is 5.32. The summed E-state index contributed by atoms with van der Waals surface area (Å²) in [5.41, 5.74) is -0.178. The molecule has 1 atom stereocenters. The lowest BCUT2D eigenvalue weighted by Crippen LogP contribution is -2.23. The largest absolute Gasteiger partial charge is 0.444 e. The summed E-state index contributed by atoms with van der Waals surface area (Å²) in [4.78, 5) is 19.8. The molecule has 2 aromatic rings. The van der Waals surface area contributed by atoms with Gasteiger partial charge in [0.05, 0.1) is 6.20 Å². The third-order valence-corrected chi connectivity index (χ3v) is 2.38. The van der Waals surface area contributed by atoms with Crippen LogP contribution < -0.4 is 10.9 Å². The summed E-state index contributed by atoms with van der Waals surface area (Å²) in [6, 6.07) is -0.203. The van der Waals surface area contributed by atoms with Gasteiger partial charge in [-0.15, -0.1) is 0 Å². The second-order valence-electron chi connectivity index (χ2n) is 3.87. The van der Waals surface area contributed by atoms with E-state index in [0.29, 0.717) is 11.7 Å². The van der Waals surface area contributed by atoms with Gasteiger partial charge < -0.3 is 14.3 Å². The SMILES string of the molecule is Cc1cnc(C(C)Nc2nccn(C)c2=O)o1. The molecule has 6 nitrogen and oxygen atoms in total. The molecule has 0 aliphatic heterocycles. The number of hydrogen-bond acceptors (Lipinski definition) is 5. The first-order chi connectivity index (χ1) is 8.08. The zero-order valence-corrected chi connectivity index (χ0v) is 9.97. The molecule has 0 amide bonds. The molecule has 0 aliphatic rings. The second kappa shape index (κ2) is 4.40. The Bertz CT molecular complexity index is 573. The Hall–Kier alpha value is -2.11. The number of nitrogens with one attached hydrogen (secondary N) is 1. The van der Waals surface area contributed by atoms with Crippen LogP contribution in [0.5, 0.6) is 0 Å². The van der Waals surface area contributed by atoms with Crippen molar-refractivity contribution in [2.75, 3.05) is 5.32 Å². The van der Waals surface area contributed by atoms with Crippen molar-refractivity contribution >= 4 is 5.82 Å². The Morgan fingerprint density at radius 3 is 2.88 bits per heavy atom. The quantitative estimate of drug-likeness (QED) is 0.865. The van der Waals surface area contributed by atoms with Crippen molar-refractivity contribution in [1.29, 1.82) is 0 Å². The lowest BCUT2D eigenvalue weighted by atomic mass is 10.3. The lowest BCUT2D eigenvalue weighted by Gasteiger charge is -2.10. The minimum Gasteiger partial charge on any atom is -0.444 e. The third kappa shape index (κ3) is 2.35. The monoisotopic (exact) mass is 234 g/mol. The Morgan fingerprint density at radius 2 is 2.24 bits per heavy atom. The summed E-state index contributed by atoms with van der Waals surface area (Å²) in [5, 5.41) is 2.98. The van der Waals surface area contributed by atoms with Crippen molar-refractivity contribution in [3.8, 4) is 0 Å². The number of anilines is 1. The zero-order chi connectivity index (χ0) is 12.4. The van der Waals surface area contributed by atoms with Crippen molar-refractivity contribution in [1.82, 2.24) is 14.5 Å². The van der Waals surface area contributed by atoms with Gasteiger partial charge in [0.15, 0.2) is 5.82 Å².